The maximum atomic E-state index is 8.91. The van der Waals surface area contributed by atoms with Gasteiger partial charge in [-0.15, -0.1) is 11.8 Å². The number of hydrogen-bond acceptors (Lipinski definition) is 3. The van der Waals surface area contributed by atoms with Crippen LogP contribution in [0.3, 0.4) is 0 Å². The van der Waals surface area contributed by atoms with Gasteiger partial charge in [-0.2, -0.15) is 5.26 Å². The van der Waals surface area contributed by atoms with E-state index in [1.54, 1.807) is 11.8 Å². The van der Waals surface area contributed by atoms with Gasteiger partial charge in [0.05, 0.1) is 17.7 Å². The van der Waals surface area contributed by atoms with Gasteiger partial charge in [-0.3, -0.25) is 0 Å². The smallest absolute Gasteiger partial charge is 0.104 e. The van der Waals surface area contributed by atoms with Crippen molar-refractivity contribution in [3.05, 3.63) is 35.9 Å². The van der Waals surface area contributed by atoms with Crippen molar-refractivity contribution in [1.82, 2.24) is 0 Å². The van der Waals surface area contributed by atoms with Crippen molar-refractivity contribution in [3.8, 4) is 6.07 Å². The van der Waals surface area contributed by atoms with E-state index in [0.717, 1.165) is 22.1 Å². The van der Waals surface area contributed by atoms with E-state index >= 15 is 0 Å². The van der Waals surface area contributed by atoms with Crippen LogP contribution in [0.2, 0.25) is 0 Å². The molecule has 0 aliphatic carbocycles. The summed E-state index contributed by atoms with van der Waals surface area (Å²) in [7, 11) is 0. The van der Waals surface area contributed by atoms with E-state index in [0.29, 0.717) is 0 Å². The monoisotopic (exact) mass is 212 g/mol. The van der Waals surface area contributed by atoms with Crippen LogP contribution in [-0.4, -0.2) is 10.8 Å². The summed E-state index contributed by atoms with van der Waals surface area (Å²) in [4.78, 5) is 4.54. The predicted molar refractivity (Wildman–Crippen MR) is 63.1 cm³/mol. The van der Waals surface area contributed by atoms with E-state index in [9.17, 15) is 0 Å². The third-order valence-corrected chi connectivity index (χ3v) is 3.69. The molecule has 0 saturated heterocycles. The Labute approximate surface area is 92.3 Å². The molecule has 2 nitrogen and oxygen atoms in total. The number of nitrogens with zero attached hydrogens (tertiary/aromatic N) is 2. The Morgan fingerprint density at radius 1 is 1.40 bits per heavy atom. The van der Waals surface area contributed by atoms with E-state index in [2.05, 4.69) is 17.1 Å². The highest BCUT2D eigenvalue weighted by Crippen LogP contribution is 2.41. The van der Waals surface area contributed by atoms with Crippen molar-refractivity contribution in [1.29, 1.82) is 5.26 Å². The summed E-state index contributed by atoms with van der Waals surface area (Å²) in [5.74, 6) is 0.849. The fourth-order valence-electron chi connectivity index (χ4n) is 1.85. The normalized spacial score (nSPS) is 22.2. The average Bonchev–Trinajstić information content (AvgIpc) is 2.66. The molecule has 0 N–H and O–H groups in total. The van der Waals surface area contributed by atoms with Gasteiger partial charge in [0.1, 0.15) is 5.04 Å². The number of thioether (sulfide) groups is 1. The lowest BCUT2D eigenvalue weighted by Crippen LogP contribution is -2.08. The van der Waals surface area contributed by atoms with E-state index < -0.39 is 0 Å². The number of aliphatic imine (C=N–C) groups is 1. The summed E-state index contributed by atoms with van der Waals surface area (Å²) in [6.45, 7) is 0. The van der Waals surface area contributed by atoms with Gasteiger partial charge in [0.15, 0.2) is 0 Å². The highest BCUT2D eigenvalue weighted by Gasteiger charge is 2.26. The van der Waals surface area contributed by atoms with Gasteiger partial charge in [0.25, 0.3) is 0 Å². The Morgan fingerprint density at radius 2 is 2.27 bits per heavy atom. The lowest BCUT2D eigenvalue weighted by atomic mass is 10.0. The summed E-state index contributed by atoms with van der Waals surface area (Å²) in [6, 6.07) is 10.4. The van der Waals surface area contributed by atoms with Crippen LogP contribution in [0.5, 0.6) is 0 Å². The lowest BCUT2D eigenvalue weighted by molar-refractivity contribution is 0.977. The second-order valence-electron chi connectivity index (χ2n) is 3.56. The van der Waals surface area contributed by atoms with Crippen molar-refractivity contribution in [2.24, 2.45) is 10.9 Å². The van der Waals surface area contributed by atoms with Crippen LogP contribution in [0.25, 0.3) is 5.57 Å². The van der Waals surface area contributed by atoms with E-state index in [1.807, 2.05) is 24.3 Å². The van der Waals surface area contributed by atoms with Gasteiger partial charge >= 0.3 is 0 Å². The number of benzene rings is 1. The molecule has 2 heterocycles. The zero-order valence-corrected chi connectivity index (χ0v) is 8.79. The number of nitriles is 1. The maximum Gasteiger partial charge on any atom is 0.104 e. The summed E-state index contributed by atoms with van der Waals surface area (Å²) in [5.41, 5.74) is 3.35. The minimum absolute atomic E-state index is 0.0232. The number of para-hydroxylation sites is 1. The molecule has 0 spiro atoms. The average molecular weight is 212 g/mol. The van der Waals surface area contributed by atoms with E-state index in [4.69, 9.17) is 5.26 Å². The van der Waals surface area contributed by atoms with Crippen molar-refractivity contribution in [3.63, 3.8) is 0 Å². The fraction of sp³-hybridized carbons (Fsp3) is 0.167. The zero-order chi connectivity index (χ0) is 10.3. The first-order chi connectivity index (χ1) is 7.38. The molecule has 1 aromatic rings. The first-order valence-corrected chi connectivity index (χ1v) is 5.80. The number of rotatable bonds is 0. The Kier molecular flexibility index (Phi) is 1.90. The molecule has 1 atom stereocenters. The maximum absolute atomic E-state index is 8.91. The fourth-order valence-corrected chi connectivity index (χ4v) is 2.85. The molecule has 0 bridgehead atoms. The third-order valence-electron chi connectivity index (χ3n) is 2.58. The van der Waals surface area contributed by atoms with Crippen LogP contribution >= 0.6 is 11.8 Å². The standard InChI is InChI=1S/C12H8N2S/c13-6-8-5-10-9-3-1-2-4-11(9)14-12(10)15-7-8/h1-5,8H,7H2. The van der Waals surface area contributed by atoms with E-state index in [1.165, 1.54) is 5.56 Å². The molecule has 0 aromatic heterocycles. The zero-order valence-electron chi connectivity index (χ0n) is 7.97. The lowest BCUT2D eigenvalue weighted by Gasteiger charge is -2.13. The van der Waals surface area contributed by atoms with Gasteiger partial charge < -0.3 is 0 Å². The van der Waals surface area contributed by atoms with Crippen LogP contribution in [-0.2, 0) is 0 Å². The summed E-state index contributed by atoms with van der Waals surface area (Å²) < 4.78 is 0. The molecule has 2 aliphatic heterocycles. The summed E-state index contributed by atoms with van der Waals surface area (Å²) >= 11 is 1.68. The quantitative estimate of drug-likeness (QED) is 0.662. The van der Waals surface area contributed by atoms with Crippen LogP contribution in [0.4, 0.5) is 5.69 Å². The molecule has 0 radical (unpaired) electrons. The van der Waals surface area contributed by atoms with E-state index in [-0.39, 0.29) is 5.92 Å². The summed E-state index contributed by atoms with van der Waals surface area (Å²) in [5, 5.41) is 9.98. The molecule has 3 rings (SSSR count). The first kappa shape index (κ1) is 8.75. The molecular weight excluding hydrogens is 204 g/mol. The Balaban J connectivity index is 2.15. The minimum atomic E-state index is 0.0232. The second kappa shape index (κ2) is 3.25. The summed E-state index contributed by atoms with van der Waals surface area (Å²) in [6.07, 6.45) is 2.04. The number of hydrogen-bond donors (Lipinski definition) is 0. The predicted octanol–water partition coefficient (Wildman–Crippen LogP) is 3.00. The minimum Gasteiger partial charge on any atom is -0.241 e. The molecule has 3 heteroatoms. The molecule has 1 aromatic carbocycles. The van der Waals surface area contributed by atoms with Crippen molar-refractivity contribution in [2.45, 2.75) is 0 Å². The van der Waals surface area contributed by atoms with Crippen LogP contribution < -0.4 is 0 Å². The van der Waals surface area contributed by atoms with Gasteiger partial charge in [-0.1, -0.05) is 24.3 Å². The topological polar surface area (TPSA) is 36.1 Å². The van der Waals surface area contributed by atoms with Crippen molar-refractivity contribution < 1.29 is 0 Å². The molecule has 72 valence electrons. The third kappa shape index (κ3) is 1.30. The first-order valence-electron chi connectivity index (χ1n) is 4.81. The molecular formula is C12H8N2S. The molecule has 0 amide bonds. The van der Waals surface area contributed by atoms with Gasteiger partial charge in [-0.05, 0) is 6.07 Å². The Hall–Kier alpha value is -1.53. The van der Waals surface area contributed by atoms with Crippen LogP contribution in [0.15, 0.2) is 35.3 Å². The molecule has 1 unspecified atom stereocenters. The van der Waals surface area contributed by atoms with Crippen molar-refractivity contribution in [2.75, 3.05) is 5.75 Å². The molecule has 15 heavy (non-hydrogen) atoms. The highest BCUT2D eigenvalue weighted by atomic mass is 32.2. The number of fused-ring (bicyclic) bond motifs is 3. The van der Waals surface area contributed by atoms with Crippen LogP contribution in [0, 0.1) is 17.2 Å². The number of allylic oxidation sites excluding steroid dienone is 1. The van der Waals surface area contributed by atoms with Crippen molar-refractivity contribution >= 4 is 28.1 Å². The van der Waals surface area contributed by atoms with Gasteiger partial charge in [0, 0.05) is 16.9 Å². The highest BCUT2D eigenvalue weighted by molar-refractivity contribution is 8.15. The molecule has 0 fully saturated rings. The Morgan fingerprint density at radius 3 is 3.13 bits per heavy atom. The Bertz CT molecular complexity index is 523. The SMILES string of the molecule is N#CC1C=C2C(=Nc3ccccc32)SC1. The molecule has 2 aliphatic rings. The molecule has 0 saturated carbocycles. The second-order valence-corrected chi connectivity index (χ2v) is 4.57. The van der Waals surface area contributed by atoms with Gasteiger partial charge in [-0.25, -0.2) is 4.99 Å². The largest absolute Gasteiger partial charge is 0.241 e. The van der Waals surface area contributed by atoms with Gasteiger partial charge in [0.2, 0.25) is 0 Å². The van der Waals surface area contributed by atoms with Crippen LogP contribution in [0.1, 0.15) is 5.56 Å².